The molecule has 3 heterocycles. The highest BCUT2D eigenvalue weighted by molar-refractivity contribution is 7.92. The van der Waals surface area contributed by atoms with Gasteiger partial charge in [0.15, 0.2) is 0 Å². The monoisotopic (exact) mass is 625 g/mol. The second-order valence-electron chi connectivity index (χ2n) is 12.5. The molecule has 0 unspecified atom stereocenters. The average Bonchev–Trinajstić information content (AvgIpc) is 3.18. The molecule has 234 valence electrons. The lowest BCUT2D eigenvalue weighted by Crippen LogP contribution is -2.42. The summed E-state index contributed by atoms with van der Waals surface area (Å²) in [7, 11) is -4.16. The predicted molar refractivity (Wildman–Crippen MR) is 175 cm³/mol. The van der Waals surface area contributed by atoms with E-state index in [4.69, 9.17) is 4.74 Å². The van der Waals surface area contributed by atoms with Gasteiger partial charge in [0.25, 0.3) is 15.9 Å². The van der Waals surface area contributed by atoms with Crippen LogP contribution in [0.4, 0.5) is 5.95 Å². The van der Waals surface area contributed by atoms with Crippen molar-refractivity contribution in [2.45, 2.75) is 57.6 Å². The highest BCUT2D eigenvalue weighted by Gasteiger charge is 2.32. The van der Waals surface area contributed by atoms with Crippen LogP contribution < -0.4 is 14.8 Å². The summed E-state index contributed by atoms with van der Waals surface area (Å²) >= 11 is 0. The van der Waals surface area contributed by atoms with E-state index in [0.717, 1.165) is 34.2 Å². The fraction of sp³-hybridized carbons (Fsp3) is 0.343. The number of nitrogens with one attached hydrogen (secondary N) is 2. The van der Waals surface area contributed by atoms with Crippen molar-refractivity contribution in [1.82, 2.24) is 20.2 Å². The highest BCUT2D eigenvalue weighted by atomic mass is 32.2. The number of carbonyl (C=O) groups is 1. The third kappa shape index (κ3) is 6.87. The molecule has 1 saturated heterocycles. The molecule has 0 aliphatic carbocycles. The maximum Gasteiger partial charge on any atom is 0.264 e. The summed E-state index contributed by atoms with van der Waals surface area (Å²) in [5.41, 5.74) is 5.56. The molecule has 10 heteroatoms. The average molecular weight is 626 g/mol. The van der Waals surface area contributed by atoms with Gasteiger partial charge in [-0.15, -0.1) is 0 Å². The minimum Gasteiger partial charge on any atom is -0.471 e. The quantitative estimate of drug-likeness (QED) is 0.307. The lowest BCUT2D eigenvalue weighted by atomic mass is 9.98. The Balaban J connectivity index is 1.50. The van der Waals surface area contributed by atoms with E-state index in [1.807, 2.05) is 62.4 Å². The van der Waals surface area contributed by atoms with Crippen molar-refractivity contribution in [3.05, 3.63) is 101 Å². The smallest absolute Gasteiger partial charge is 0.264 e. The van der Waals surface area contributed by atoms with E-state index >= 15 is 0 Å². The van der Waals surface area contributed by atoms with Gasteiger partial charge >= 0.3 is 0 Å². The number of hydrogen-bond acceptors (Lipinski definition) is 7. The first-order chi connectivity index (χ1) is 21.6. The molecule has 2 N–H and O–H groups in total. The first kappa shape index (κ1) is 30.7. The number of nitrogens with zero attached hydrogens (tertiary/aromatic N) is 3. The molecule has 3 aromatic carbocycles. The van der Waals surface area contributed by atoms with Crippen LogP contribution in [0.1, 0.15) is 52.9 Å². The van der Waals surface area contributed by atoms with Crippen molar-refractivity contribution >= 4 is 21.9 Å². The van der Waals surface area contributed by atoms with Crippen LogP contribution in [0.5, 0.6) is 5.88 Å². The first-order valence-electron chi connectivity index (χ1n) is 15.4. The van der Waals surface area contributed by atoms with E-state index in [1.54, 1.807) is 17.0 Å². The van der Waals surface area contributed by atoms with E-state index in [2.05, 4.69) is 33.9 Å². The van der Waals surface area contributed by atoms with Gasteiger partial charge in [-0.3, -0.25) is 4.79 Å². The molecule has 1 aromatic heterocycles. The maximum absolute atomic E-state index is 14.4. The summed E-state index contributed by atoms with van der Waals surface area (Å²) in [5, 5.41) is 3.62. The van der Waals surface area contributed by atoms with Crippen molar-refractivity contribution in [3.63, 3.8) is 0 Å². The van der Waals surface area contributed by atoms with Crippen molar-refractivity contribution in [2.24, 2.45) is 5.92 Å². The third-order valence-electron chi connectivity index (χ3n) is 8.35. The number of anilines is 1. The Labute approximate surface area is 265 Å². The van der Waals surface area contributed by atoms with Gasteiger partial charge in [-0.25, -0.2) is 18.1 Å². The molecule has 6 rings (SSSR count). The number of rotatable bonds is 5. The van der Waals surface area contributed by atoms with Gasteiger partial charge in [0.2, 0.25) is 11.8 Å². The van der Waals surface area contributed by atoms with Crippen molar-refractivity contribution in [2.75, 3.05) is 24.4 Å². The molecule has 2 atom stereocenters. The van der Waals surface area contributed by atoms with Crippen LogP contribution in [-0.2, 0) is 16.4 Å². The second kappa shape index (κ2) is 12.6. The standard InChI is InChI=1S/C35H39N5O4S/c1-22(2)15-27-20-40-21-28(19-36-27)44-32-18-31(33-23(3)9-8-10-24(33)4)37-35(38-32)39-45(42,43)29-14-13-26(30(17-29)34(40)41)16-25-11-6-5-7-12-25/h5-14,17-18,22,27-28,36H,15-16,19-21H2,1-4H3,(H,37,38,39)/t27-,28+/m0/s1. The number of aromatic nitrogens is 2. The topological polar surface area (TPSA) is 114 Å². The largest absolute Gasteiger partial charge is 0.471 e. The summed E-state index contributed by atoms with van der Waals surface area (Å²) in [6.45, 7) is 9.59. The number of amides is 1. The summed E-state index contributed by atoms with van der Waals surface area (Å²) in [5.74, 6) is 0.330. The number of hydrogen-bond donors (Lipinski definition) is 2. The zero-order valence-corrected chi connectivity index (χ0v) is 26.9. The van der Waals surface area contributed by atoms with Gasteiger partial charge in [-0.05, 0) is 67.0 Å². The van der Waals surface area contributed by atoms with Gasteiger partial charge in [0.05, 0.1) is 17.1 Å². The van der Waals surface area contributed by atoms with Crippen molar-refractivity contribution in [1.29, 1.82) is 0 Å². The Morgan fingerprint density at radius 1 is 0.956 bits per heavy atom. The van der Waals surface area contributed by atoms with E-state index in [1.165, 1.54) is 12.1 Å². The summed E-state index contributed by atoms with van der Waals surface area (Å²) in [4.78, 5) is 25.3. The molecule has 2 aliphatic heterocycles. The number of fused-ring (bicyclic) bond motifs is 6. The molecular formula is C35H39N5O4S. The fourth-order valence-corrected chi connectivity index (χ4v) is 7.24. The molecule has 45 heavy (non-hydrogen) atoms. The molecule has 2 aliphatic rings. The van der Waals surface area contributed by atoms with Crippen molar-refractivity contribution in [3.8, 4) is 17.1 Å². The van der Waals surface area contributed by atoms with E-state index in [-0.39, 0.29) is 28.7 Å². The van der Waals surface area contributed by atoms with Gasteiger partial charge in [-0.1, -0.05) is 68.4 Å². The molecule has 0 radical (unpaired) electrons. The lowest BCUT2D eigenvalue weighted by molar-refractivity contribution is 0.0680. The van der Waals surface area contributed by atoms with E-state index in [9.17, 15) is 13.2 Å². The van der Waals surface area contributed by atoms with Crippen LogP contribution in [0.25, 0.3) is 11.3 Å². The molecule has 9 nitrogen and oxygen atoms in total. The van der Waals surface area contributed by atoms with Crippen LogP contribution >= 0.6 is 0 Å². The van der Waals surface area contributed by atoms with Crippen LogP contribution in [-0.4, -0.2) is 61.0 Å². The predicted octanol–water partition coefficient (Wildman–Crippen LogP) is 5.37. The SMILES string of the molecule is Cc1cccc(C)c1-c1cc2nc(n1)NS(=O)(=O)c1ccc(Cc3ccccc3)c(c1)C(=O)N1C[C@H](CC(C)C)NC[C@H](C1)O2. The van der Waals surface area contributed by atoms with Crippen LogP contribution in [0.2, 0.25) is 0 Å². The number of ether oxygens (including phenoxy) is 1. The number of benzene rings is 3. The molecular weight excluding hydrogens is 586 g/mol. The minimum absolute atomic E-state index is 0.0336. The molecule has 1 fully saturated rings. The zero-order chi connectivity index (χ0) is 31.7. The van der Waals surface area contributed by atoms with Gasteiger partial charge < -0.3 is 15.0 Å². The molecule has 6 bridgehead atoms. The minimum atomic E-state index is -4.16. The molecule has 4 aromatic rings. The summed E-state index contributed by atoms with van der Waals surface area (Å²) in [6.07, 6.45) is 0.929. The lowest BCUT2D eigenvalue weighted by Gasteiger charge is -2.27. The summed E-state index contributed by atoms with van der Waals surface area (Å²) < 4.78 is 36.7. The first-order valence-corrected chi connectivity index (χ1v) is 16.9. The Bertz CT molecular complexity index is 1810. The number of sulfonamides is 1. The normalized spacial score (nSPS) is 19.4. The van der Waals surface area contributed by atoms with Crippen LogP contribution in [0.15, 0.2) is 77.7 Å². The van der Waals surface area contributed by atoms with E-state index in [0.29, 0.717) is 43.2 Å². The van der Waals surface area contributed by atoms with E-state index < -0.39 is 16.1 Å². The molecule has 0 saturated carbocycles. The Hall–Kier alpha value is -4.28. The molecule has 1 amide bonds. The Morgan fingerprint density at radius 2 is 1.71 bits per heavy atom. The van der Waals surface area contributed by atoms with Gasteiger partial charge in [0.1, 0.15) is 6.10 Å². The van der Waals surface area contributed by atoms with Crippen LogP contribution in [0, 0.1) is 19.8 Å². The Kier molecular flexibility index (Phi) is 8.61. The number of aryl methyl sites for hydroxylation is 2. The maximum atomic E-state index is 14.4. The second-order valence-corrected chi connectivity index (χ2v) is 14.1. The van der Waals surface area contributed by atoms with Gasteiger partial charge in [-0.2, -0.15) is 4.98 Å². The van der Waals surface area contributed by atoms with Crippen LogP contribution in [0.3, 0.4) is 0 Å². The number of carbonyl (C=O) groups excluding carboxylic acids is 1. The zero-order valence-electron chi connectivity index (χ0n) is 26.1. The van der Waals surface area contributed by atoms with Gasteiger partial charge in [0, 0.05) is 36.3 Å². The highest BCUT2D eigenvalue weighted by Crippen LogP contribution is 2.31. The van der Waals surface area contributed by atoms with Crippen molar-refractivity contribution < 1.29 is 17.9 Å². The Morgan fingerprint density at radius 3 is 2.44 bits per heavy atom. The molecule has 0 spiro atoms. The third-order valence-corrected chi connectivity index (χ3v) is 9.68. The summed E-state index contributed by atoms with van der Waals surface area (Å²) in [6, 6.07) is 22.4. The fourth-order valence-electron chi connectivity index (χ4n) is 6.27.